The Kier molecular flexibility index (Phi) is 3.11. The molecule has 0 aromatic heterocycles. The molecule has 5 heteroatoms. The van der Waals surface area contributed by atoms with Gasteiger partial charge in [0.2, 0.25) is 0 Å². The molecule has 1 aromatic rings. The van der Waals surface area contributed by atoms with E-state index in [4.69, 9.17) is 4.84 Å². The number of phenolic OH excluding ortho intramolecular Hbond substituents is 1. The first-order chi connectivity index (χ1) is 7.18. The second kappa shape index (κ2) is 4.36. The third kappa shape index (κ3) is 2.23. The van der Waals surface area contributed by atoms with Crippen molar-refractivity contribution < 1.29 is 14.7 Å². The van der Waals surface area contributed by atoms with Crippen LogP contribution in [0.5, 0.6) is 5.75 Å². The number of halogens is 1. The molecule has 1 aliphatic heterocycles. The van der Waals surface area contributed by atoms with Gasteiger partial charge in [-0.3, -0.25) is 9.63 Å². The summed E-state index contributed by atoms with van der Waals surface area (Å²) in [5.41, 5.74) is 0.289. The lowest BCUT2D eigenvalue weighted by Crippen LogP contribution is -2.26. The normalized spacial score (nSPS) is 15.7. The maximum atomic E-state index is 11.8. The molecule has 0 bridgehead atoms. The topological polar surface area (TPSA) is 49.8 Å². The Labute approximate surface area is 101 Å². The molecule has 0 radical (unpaired) electrons. The first-order valence-corrected chi connectivity index (χ1v) is 5.69. The summed E-state index contributed by atoms with van der Waals surface area (Å²) in [5.74, 6) is -0.274. The molecule has 0 unspecified atom stereocenters. The van der Waals surface area contributed by atoms with Crippen LogP contribution < -0.4 is 0 Å². The van der Waals surface area contributed by atoms with Gasteiger partial charge in [-0.25, -0.2) is 5.06 Å². The van der Waals surface area contributed by atoms with E-state index in [9.17, 15) is 9.90 Å². The number of benzene rings is 1. The van der Waals surface area contributed by atoms with E-state index in [-0.39, 0.29) is 17.2 Å². The Morgan fingerprint density at radius 2 is 2.33 bits per heavy atom. The number of hydroxylamine groups is 2. The fraction of sp³-hybridized carbons (Fsp3) is 0.300. The largest absolute Gasteiger partial charge is 0.507 e. The first kappa shape index (κ1) is 10.7. The zero-order valence-corrected chi connectivity index (χ0v) is 10.1. The van der Waals surface area contributed by atoms with Crippen molar-refractivity contribution in [2.24, 2.45) is 0 Å². The summed E-state index contributed by atoms with van der Waals surface area (Å²) in [6.07, 6.45) is 0.844. The van der Waals surface area contributed by atoms with Crippen LogP contribution >= 0.6 is 22.6 Å². The highest BCUT2D eigenvalue weighted by Crippen LogP contribution is 2.22. The molecule has 1 saturated heterocycles. The molecule has 0 atom stereocenters. The Morgan fingerprint density at radius 1 is 1.53 bits per heavy atom. The van der Waals surface area contributed by atoms with Crippen LogP contribution in [0.1, 0.15) is 16.8 Å². The van der Waals surface area contributed by atoms with E-state index < -0.39 is 0 Å². The van der Waals surface area contributed by atoms with Gasteiger partial charge in [0.1, 0.15) is 5.75 Å². The molecule has 0 spiro atoms. The molecule has 1 N–H and O–H groups in total. The zero-order valence-electron chi connectivity index (χ0n) is 7.94. The van der Waals surface area contributed by atoms with Gasteiger partial charge in [0.15, 0.2) is 0 Å². The summed E-state index contributed by atoms with van der Waals surface area (Å²) in [6.45, 7) is 1.15. The molecule has 1 fully saturated rings. The Bertz CT molecular complexity index is 388. The summed E-state index contributed by atoms with van der Waals surface area (Å²) >= 11 is 2.08. The highest BCUT2D eigenvalue weighted by Gasteiger charge is 2.23. The van der Waals surface area contributed by atoms with E-state index in [0.29, 0.717) is 13.2 Å². The number of nitrogens with zero attached hydrogens (tertiary/aromatic N) is 1. The van der Waals surface area contributed by atoms with Gasteiger partial charge in [-0.15, -0.1) is 0 Å². The predicted octanol–water partition coefficient (Wildman–Crippen LogP) is 1.77. The van der Waals surface area contributed by atoms with Crippen molar-refractivity contribution in [2.45, 2.75) is 6.42 Å². The van der Waals surface area contributed by atoms with E-state index in [1.54, 1.807) is 18.2 Å². The quantitative estimate of drug-likeness (QED) is 0.803. The molecule has 1 heterocycles. The molecule has 15 heavy (non-hydrogen) atoms. The number of carbonyl (C=O) groups is 1. The Morgan fingerprint density at radius 3 is 2.93 bits per heavy atom. The number of rotatable bonds is 1. The van der Waals surface area contributed by atoms with E-state index in [2.05, 4.69) is 22.6 Å². The van der Waals surface area contributed by atoms with Gasteiger partial charge in [-0.2, -0.15) is 0 Å². The molecule has 80 valence electrons. The minimum atomic E-state index is -0.276. The van der Waals surface area contributed by atoms with Gasteiger partial charge in [-0.05, 0) is 47.2 Å². The maximum Gasteiger partial charge on any atom is 0.281 e. The van der Waals surface area contributed by atoms with Crippen LogP contribution in [0.15, 0.2) is 18.2 Å². The Hall–Kier alpha value is -0.820. The van der Waals surface area contributed by atoms with Crippen LogP contribution in [0.25, 0.3) is 0 Å². The van der Waals surface area contributed by atoms with E-state index in [1.807, 2.05) is 0 Å². The molecule has 0 aliphatic carbocycles. The molecule has 1 aromatic carbocycles. The SMILES string of the molecule is O=C(c1ccc(I)cc1O)N1CCCO1. The molecule has 0 saturated carbocycles. The van der Waals surface area contributed by atoms with Crippen molar-refractivity contribution >= 4 is 28.5 Å². The van der Waals surface area contributed by atoms with Gasteiger partial charge in [0.05, 0.1) is 18.7 Å². The monoisotopic (exact) mass is 319 g/mol. The molecule has 1 aliphatic rings. The summed E-state index contributed by atoms with van der Waals surface area (Å²) < 4.78 is 0.893. The van der Waals surface area contributed by atoms with Gasteiger partial charge in [-0.1, -0.05) is 0 Å². The van der Waals surface area contributed by atoms with Crippen molar-refractivity contribution in [1.29, 1.82) is 0 Å². The Balaban J connectivity index is 2.24. The van der Waals surface area contributed by atoms with Crippen LogP contribution in [-0.2, 0) is 4.84 Å². The summed E-state index contributed by atoms with van der Waals surface area (Å²) in [5, 5.41) is 10.9. The van der Waals surface area contributed by atoms with Crippen LogP contribution in [0.3, 0.4) is 0 Å². The van der Waals surface area contributed by atoms with Crippen LogP contribution in [-0.4, -0.2) is 29.2 Å². The second-order valence-corrected chi connectivity index (χ2v) is 4.50. The lowest BCUT2D eigenvalue weighted by atomic mass is 10.2. The number of hydrogen-bond acceptors (Lipinski definition) is 3. The van der Waals surface area contributed by atoms with Gasteiger partial charge in [0.25, 0.3) is 5.91 Å². The van der Waals surface area contributed by atoms with Crippen molar-refractivity contribution in [3.05, 3.63) is 27.3 Å². The van der Waals surface area contributed by atoms with E-state index >= 15 is 0 Å². The molecular formula is C10H10INO3. The number of amides is 1. The van der Waals surface area contributed by atoms with Gasteiger partial charge in [0, 0.05) is 3.57 Å². The van der Waals surface area contributed by atoms with Crippen LogP contribution in [0.4, 0.5) is 0 Å². The lowest BCUT2D eigenvalue weighted by molar-refractivity contribution is -0.0769. The standard InChI is InChI=1S/C10H10INO3/c11-7-2-3-8(9(13)6-7)10(14)12-4-1-5-15-12/h2-3,6,13H,1,4-5H2. The first-order valence-electron chi connectivity index (χ1n) is 4.62. The summed E-state index contributed by atoms with van der Waals surface area (Å²) in [6, 6.07) is 4.95. The van der Waals surface area contributed by atoms with E-state index in [0.717, 1.165) is 9.99 Å². The number of hydrogen-bond donors (Lipinski definition) is 1. The summed E-state index contributed by atoms with van der Waals surface area (Å²) in [4.78, 5) is 16.9. The predicted molar refractivity (Wildman–Crippen MR) is 62.4 cm³/mol. The summed E-state index contributed by atoms with van der Waals surface area (Å²) in [7, 11) is 0. The highest BCUT2D eigenvalue weighted by atomic mass is 127. The number of carbonyl (C=O) groups excluding carboxylic acids is 1. The van der Waals surface area contributed by atoms with Crippen LogP contribution in [0.2, 0.25) is 0 Å². The van der Waals surface area contributed by atoms with Crippen molar-refractivity contribution in [3.8, 4) is 5.75 Å². The molecule has 4 nitrogen and oxygen atoms in total. The molecule has 1 amide bonds. The minimum absolute atomic E-state index is 0.00222. The van der Waals surface area contributed by atoms with Crippen molar-refractivity contribution in [3.63, 3.8) is 0 Å². The smallest absolute Gasteiger partial charge is 0.281 e. The van der Waals surface area contributed by atoms with Gasteiger partial charge >= 0.3 is 0 Å². The fourth-order valence-electron chi connectivity index (χ4n) is 1.43. The maximum absolute atomic E-state index is 11.8. The number of phenols is 1. The average molecular weight is 319 g/mol. The third-order valence-electron chi connectivity index (χ3n) is 2.17. The molecule has 2 rings (SSSR count). The molecular weight excluding hydrogens is 309 g/mol. The zero-order chi connectivity index (χ0) is 10.8. The lowest BCUT2D eigenvalue weighted by Gasteiger charge is -2.14. The van der Waals surface area contributed by atoms with Gasteiger partial charge < -0.3 is 5.11 Å². The second-order valence-electron chi connectivity index (χ2n) is 3.26. The fourth-order valence-corrected chi connectivity index (χ4v) is 1.90. The minimum Gasteiger partial charge on any atom is -0.507 e. The van der Waals surface area contributed by atoms with Crippen molar-refractivity contribution in [2.75, 3.05) is 13.2 Å². The van der Waals surface area contributed by atoms with E-state index in [1.165, 1.54) is 5.06 Å². The average Bonchev–Trinajstić information content (AvgIpc) is 2.69. The highest BCUT2D eigenvalue weighted by molar-refractivity contribution is 14.1. The third-order valence-corrected chi connectivity index (χ3v) is 2.84. The van der Waals surface area contributed by atoms with Crippen LogP contribution in [0, 0.1) is 3.57 Å². The number of aromatic hydroxyl groups is 1. The van der Waals surface area contributed by atoms with Crippen molar-refractivity contribution in [1.82, 2.24) is 5.06 Å².